The highest BCUT2D eigenvalue weighted by Gasteiger charge is 2.44. The Morgan fingerprint density at radius 2 is 1.20 bits per heavy atom. The molecule has 1 saturated heterocycles. The lowest BCUT2D eigenvalue weighted by Crippen LogP contribution is -2.60. The number of carbonyl (C=O) groups excluding carboxylic acids is 11. The number of amides is 12. The number of urea groups is 1. The predicted molar refractivity (Wildman–Crippen MR) is 458 cm³/mol. The zero-order valence-corrected chi connectivity index (χ0v) is 73.1. The molecule has 0 unspecified atom stereocenters. The fourth-order valence-corrected chi connectivity index (χ4v) is 14.9. The summed E-state index contributed by atoms with van der Waals surface area (Å²) in [5.41, 5.74) is 10.3. The van der Waals surface area contributed by atoms with E-state index in [-0.39, 0.29) is 94.8 Å². The van der Waals surface area contributed by atoms with E-state index in [1.54, 1.807) is 114 Å². The second kappa shape index (κ2) is 52.3. The average Bonchev–Trinajstić information content (AvgIpc) is 1.76. The Bertz CT molecular complexity index is 4030. The van der Waals surface area contributed by atoms with Crippen molar-refractivity contribution in [2.45, 2.75) is 214 Å². The molecule has 4 aromatic rings. The highest BCUT2D eigenvalue weighted by molar-refractivity contribution is 5.99. The summed E-state index contributed by atoms with van der Waals surface area (Å²) in [4.78, 5) is 156. The van der Waals surface area contributed by atoms with E-state index in [1.807, 2.05) is 80.6 Å². The number of benzene rings is 4. The number of anilines is 2. The third-order valence-electron chi connectivity index (χ3n) is 21.9. The lowest BCUT2D eigenvalue weighted by molar-refractivity contribution is -0.148. The van der Waals surface area contributed by atoms with Gasteiger partial charge in [0.1, 0.15) is 30.8 Å². The zero-order valence-electron chi connectivity index (χ0n) is 73.1. The number of hydrogen-bond donors (Lipinski definition) is 9. The Kier molecular flexibility index (Phi) is 43.1. The molecule has 0 radical (unpaired) electrons. The Hall–Kier alpha value is -10.1. The van der Waals surface area contributed by atoms with Gasteiger partial charge in [0.2, 0.25) is 53.2 Å². The normalized spacial score (nSPS) is 15.8. The number of unbranched alkanes of at least 4 members (excludes halogenated alkanes) is 1. The molecule has 0 aromatic heterocycles. The van der Waals surface area contributed by atoms with Crippen molar-refractivity contribution in [1.82, 2.24) is 46.6 Å². The molecule has 1 fully saturated rings. The van der Waals surface area contributed by atoms with Gasteiger partial charge < -0.3 is 95.9 Å². The van der Waals surface area contributed by atoms with Crippen LogP contribution in [0.2, 0.25) is 0 Å². The summed E-state index contributed by atoms with van der Waals surface area (Å²) in [6.07, 6.45) is 0.510. The number of likely N-dealkylation sites (tertiary alicyclic amines) is 1. The molecular formula is C90H132N12O19. The maximum absolute atomic E-state index is 14.9. The fraction of sp³-hybridized carbons (Fsp3) is 0.589. The Labute approximate surface area is 713 Å². The molecule has 2 aliphatic heterocycles. The van der Waals surface area contributed by atoms with Crippen LogP contribution in [-0.2, 0) is 89.5 Å². The van der Waals surface area contributed by atoms with E-state index in [0.29, 0.717) is 108 Å². The van der Waals surface area contributed by atoms with Crippen LogP contribution in [-0.4, -0.2) is 240 Å². The number of likely N-dealkylation sites (N-methyl/N-ethyl adjacent to an activating group) is 2. The van der Waals surface area contributed by atoms with Gasteiger partial charge in [-0.15, -0.1) is 0 Å². The van der Waals surface area contributed by atoms with Gasteiger partial charge in [-0.3, -0.25) is 48.1 Å². The molecule has 2 aliphatic rings. The Morgan fingerprint density at radius 1 is 0.587 bits per heavy atom. The first-order chi connectivity index (χ1) is 57.9. The minimum Gasteiger partial charge on any atom is -0.445 e. The van der Waals surface area contributed by atoms with Crippen molar-refractivity contribution in [3.8, 4) is 11.8 Å². The van der Waals surface area contributed by atoms with Crippen molar-refractivity contribution in [3.05, 3.63) is 131 Å². The van der Waals surface area contributed by atoms with Gasteiger partial charge in [-0.2, -0.15) is 0 Å². The predicted octanol–water partition coefficient (Wildman–Crippen LogP) is 7.67. The highest BCUT2D eigenvalue weighted by atomic mass is 16.6. The fourth-order valence-electron chi connectivity index (χ4n) is 14.9. The first kappa shape index (κ1) is 99.7. The maximum Gasteiger partial charge on any atom is 0.410 e. The van der Waals surface area contributed by atoms with Crippen molar-refractivity contribution >= 4 is 76.7 Å². The molecule has 4 aromatic carbocycles. The number of aliphatic hydroxyl groups is 1. The third kappa shape index (κ3) is 32.0. The number of hydrogen-bond acceptors (Lipinski definition) is 19. The molecule has 12 atom stereocenters. The van der Waals surface area contributed by atoms with Crippen LogP contribution >= 0.6 is 0 Å². The maximum atomic E-state index is 14.9. The van der Waals surface area contributed by atoms with Crippen molar-refractivity contribution in [3.63, 3.8) is 0 Å². The van der Waals surface area contributed by atoms with Gasteiger partial charge in [0.25, 0.3) is 0 Å². The van der Waals surface area contributed by atoms with Gasteiger partial charge in [0.05, 0.1) is 114 Å². The molecule has 666 valence electrons. The Morgan fingerprint density at radius 3 is 1.83 bits per heavy atom. The number of rotatable bonds is 52. The van der Waals surface area contributed by atoms with Crippen molar-refractivity contribution in [2.75, 3.05) is 111 Å². The third-order valence-corrected chi connectivity index (χ3v) is 21.9. The summed E-state index contributed by atoms with van der Waals surface area (Å²) in [6.45, 7) is 21.1. The number of methoxy groups -OCH3 is 2. The molecule has 0 aliphatic carbocycles. The molecule has 31 heteroatoms. The van der Waals surface area contributed by atoms with Crippen LogP contribution in [0.1, 0.15) is 174 Å². The van der Waals surface area contributed by atoms with Gasteiger partial charge in [0.15, 0.2) is 0 Å². The minimum atomic E-state index is -1.13. The monoisotopic (exact) mass is 1680 g/mol. The van der Waals surface area contributed by atoms with Gasteiger partial charge in [-0.05, 0) is 116 Å². The summed E-state index contributed by atoms with van der Waals surface area (Å²) in [5, 5.41) is 30.6. The molecule has 31 nitrogen and oxygen atoms in total. The topological polar surface area (TPSA) is 396 Å². The number of para-hydroxylation sites is 1. The first-order valence-corrected chi connectivity index (χ1v) is 42.4. The SMILES string of the molecule is CC[C@H](C)[C@@H]([C@@H](CC(=O)N1CCC[C@H]1[C@H](OC)[C@@H](C)C(=O)N[C@H](C)[C@@H](O)c1ccccc1)OC)N(C)C(=O)[C@@H](NC(=O)[C@H](C(C)C)N(C)C(=O)OCc1ccc(NC(=O)[C@H](CCCNC(N)=O)NC(=O)[C@@H](NC(=O)CCOCCOCCOCCOCCNC(=O)CCCCC(=O)N2Cc3ccccc3C#Cc3ccccc32)C(C)C)cc1)C(C)C. The molecule has 12 amide bonds. The molecule has 2 heterocycles. The van der Waals surface area contributed by atoms with Gasteiger partial charge in [-0.25, -0.2) is 9.59 Å². The van der Waals surface area contributed by atoms with E-state index < -0.39 is 126 Å². The summed E-state index contributed by atoms with van der Waals surface area (Å²) in [6, 6.07) is 24.1. The molecular weight excluding hydrogens is 1550 g/mol. The smallest absolute Gasteiger partial charge is 0.410 e. The van der Waals surface area contributed by atoms with Gasteiger partial charge in [-0.1, -0.05) is 153 Å². The number of fused-ring (bicyclic) bond motifs is 2. The number of primary amides is 1. The molecule has 0 bridgehead atoms. The number of nitrogens with two attached hydrogens (primary N) is 1. The van der Waals surface area contributed by atoms with Crippen LogP contribution in [0.15, 0.2) is 103 Å². The molecule has 10 N–H and O–H groups in total. The molecule has 6 rings (SSSR count). The molecule has 0 saturated carbocycles. The largest absolute Gasteiger partial charge is 0.445 e. The van der Waals surface area contributed by atoms with Crippen LogP contribution in [0.4, 0.5) is 21.0 Å². The first-order valence-electron chi connectivity index (χ1n) is 42.4. The van der Waals surface area contributed by atoms with Crippen molar-refractivity contribution < 1.29 is 91.0 Å². The average molecular weight is 1690 g/mol. The highest BCUT2D eigenvalue weighted by Crippen LogP contribution is 2.32. The number of nitrogens with one attached hydrogen (secondary N) is 7. The van der Waals surface area contributed by atoms with Crippen LogP contribution < -0.4 is 47.9 Å². The van der Waals surface area contributed by atoms with Crippen LogP contribution in [0.25, 0.3) is 0 Å². The van der Waals surface area contributed by atoms with E-state index in [2.05, 4.69) is 49.1 Å². The van der Waals surface area contributed by atoms with E-state index in [1.165, 1.54) is 26.2 Å². The molecule has 0 spiro atoms. The standard InChI is InChI=1S/C90H132N12O19/c1-15-61(8)81(73(115-13)55-77(106)101-46-26-34-72(101)83(116-14)62(9)84(108)94-63(10)82(107)67-29-17-16-18-30-67)99(11)88(112)79(59(4)5)98-87(111)80(60(6)7)100(12)90(114)121-57-64-37-41-69(42-38-64)95-85(109)70(32-25-44-93-89(91)113)96-86(110)78(58(2)3)97-75(104)43-47-117-49-51-119-53-54-120-52-50-118-48-45-92-74(103)35-23-24-36-76(105)102-56-68-31-20-19-27-65(68)39-40-66-28-21-22-33-71(66)102/h16-22,27-31,33,37-38,41-42,58-63,70,72-73,78-83,107H,15,23-26,32,34-36,43-57H2,1-14H3,(H,92,103)(H,94,108)(H,95,109)(H,96,110)(H,97,104)(H,98,111)(H3,91,93,113)/t61-,62+,63+,70-,72-,73+,78-,79-,80-,81-,82+,83+/m0/s1. The zero-order chi connectivity index (χ0) is 88.7. The number of ether oxygens (including phenoxy) is 7. The van der Waals surface area contributed by atoms with E-state index in [4.69, 9.17) is 38.9 Å². The summed E-state index contributed by atoms with van der Waals surface area (Å²) in [5.74, 6) is 0.876. The van der Waals surface area contributed by atoms with E-state index >= 15 is 0 Å². The minimum absolute atomic E-state index is 0.0191. The van der Waals surface area contributed by atoms with Gasteiger partial charge >= 0.3 is 12.1 Å². The number of carbonyl (C=O) groups is 11. The van der Waals surface area contributed by atoms with E-state index in [9.17, 15) is 57.8 Å². The van der Waals surface area contributed by atoms with Crippen molar-refractivity contribution in [2.24, 2.45) is 35.3 Å². The number of aliphatic hydroxyl groups excluding tert-OH is 1. The van der Waals surface area contributed by atoms with E-state index in [0.717, 1.165) is 22.4 Å². The van der Waals surface area contributed by atoms with Gasteiger partial charge in [0, 0.05) is 84.0 Å². The van der Waals surface area contributed by atoms with Crippen molar-refractivity contribution in [1.29, 1.82) is 0 Å². The quantitative estimate of drug-likeness (QED) is 0.0151. The summed E-state index contributed by atoms with van der Waals surface area (Å²) < 4.78 is 40.2. The summed E-state index contributed by atoms with van der Waals surface area (Å²) >= 11 is 0. The number of nitrogens with zero attached hydrogens (tertiary/aromatic N) is 4. The second-order valence-electron chi connectivity index (χ2n) is 32.0. The lowest BCUT2D eigenvalue weighted by Gasteiger charge is -2.41. The van der Waals surface area contributed by atoms with Crippen LogP contribution in [0.5, 0.6) is 0 Å². The van der Waals surface area contributed by atoms with Crippen LogP contribution in [0.3, 0.4) is 0 Å². The second-order valence-corrected chi connectivity index (χ2v) is 32.0. The Balaban J connectivity index is 0.886. The summed E-state index contributed by atoms with van der Waals surface area (Å²) in [7, 11) is 6.08. The molecule has 121 heavy (non-hydrogen) atoms. The van der Waals surface area contributed by atoms with Crippen LogP contribution in [0, 0.1) is 41.4 Å². The lowest BCUT2D eigenvalue weighted by atomic mass is 9.89.